The van der Waals surface area contributed by atoms with Gasteiger partial charge in [-0.1, -0.05) is 13.0 Å². The zero-order valence-electron chi connectivity index (χ0n) is 14.7. The minimum Gasteiger partial charge on any atom is -0.466 e. The number of benzene rings is 1. The number of hydrogen-bond acceptors (Lipinski definition) is 4. The Bertz CT molecular complexity index is 827. The molecule has 136 valence electrons. The van der Waals surface area contributed by atoms with Crippen LogP contribution in [0.2, 0.25) is 0 Å². The van der Waals surface area contributed by atoms with Crippen molar-refractivity contribution < 1.29 is 17.6 Å². The molecular weight excluding hydrogens is 340 g/mol. The highest BCUT2D eigenvalue weighted by Crippen LogP contribution is 2.12. The van der Waals surface area contributed by atoms with Crippen molar-refractivity contribution in [2.45, 2.75) is 44.6 Å². The fourth-order valence-electron chi connectivity index (χ4n) is 2.23. The Morgan fingerprint density at radius 2 is 2.00 bits per heavy atom. The van der Waals surface area contributed by atoms with Crippen LogP contribution >= 0.6 is 0 Å². The van der Waals surface area contributed by atoms with Gasteiger partial charge < -0.3 is 9.73 Å². The Balaban J connectivity index is 2.03. The van der Waals surface area contributed by atoms with Crippen molar-refractivity contribution in [3.05, 3.63) is 53.5 Å². The summed E-state index contributed by atoms with van der Waals surface area (Å²) in [6.45, 7) is 5.93. The Kier molecular flexibility index (Phi) is 6.39. The topological polar surface area (TPSA) is 88.4 Å². The lowest BCUT2D eigenvalue weighted by molar-refractivity contribution is 0.0939. The van der Waals surface area contributed by atoms with E-state index < -0.39 is 10.0 Å². The monoisotopic (exact) mass is 364 g/mol. The van der Waals surface area contributed by atoms with Gasteiger partial charge in [0.2, 0.25) is 10.0 Å². The van der Waals surface area contributed by atoms with Gasteiger partial charge in [0.05, 0.1) is 4.90 Å². The molecule has 1 aromatic heterocycles. The van der Waals surface area contributed by atoms with E-state index in [0.29, 0.717) is 12.0 Å². The van der Waals surface area contributed by atoms with E-state index in [1.807, 2.05) is 32.9 Å². The van der Waals surface area contributed by atoms with Gasteiger partial charge in [0.25, 0.3) is 5.91 Å². The largest absolute Gasteiger partial charge is 0.466 e. The average Bonchev–Trinajstić information content (AvgIpc) is 3.00. The first kappa shape index (κ1) is 19.2. The van der Waals surface area contributed by atoms with E-state index in [2.05, 4.69) is 10.0 Å². The van der Waals surface area contributed by atoms with Crippen molar-refractivity contribution in [2.24, 2.45) is 0 Å². The zero-order chi connectivity index (χ0) is 18.4. The van der Waals surface area contributed by atoms with Gasteiger partial charge in [-0.3, -0.25) is 4.79 Å². The number of aryl methyl sites for hydroxylation is 1. The van der Waals surface area contributed by atoms with Crippen molar-refractivity contribution in [3.63, 3.8) is 0 Å². The Hall–Kier alpha value is -2.12. The van der Waals surface area contributed by atoms with E-state index >= 15 is 0 Å². The molecule has 0 aliphatic heterocycles. The van der Waals surface area contributed by atoms with E-state index in [9.17, 15) is 13.2 Å². The van der Waals surface area contributed by atoms with Crippen molar-refractivity contribution in [3.8, 4) is 0 Å². The number of hydrogen-bond donors (Lipinski definition) is 2. The summed E-state index contributed by atoms with van der Waals surface area (Å²) in [5.74, 6) is 1.23. The van der Waals surface area contributed by atoms with Crippen LogP contribution in [0, 0.1) is 6.92 Å². The smallest absolute Gasteiger partial charge is 0.251 e. The van der Waals surface area contributed by atoms with Crippen molar-refractivity contribution in [1.82, 2.24) is 10.0 Å². The number of nitrogens with one attached hydrogen (secondary N) is 2. The van der Waals surface area contributed by atoms with Crippen LogP contribution in [0.1, 0.15) is 42.1 Å². The molecule has 2 rings (SSSR count). The van der Waals surface area contributed by atoms with Crippen LogP contribution in [0.5, 0.6) is 0 Å². The SMILES string of the molecule is CC[C@@H](C)NC(=O)c1cccc(S(=O)(=O)NCCc2ccc(C)o2)c1. The fourth-order valence-corrected chi connectivity index (χ4v) is 3.30. The lowest BCUT2D eigenvalue weighted by atomic mass is 10.2. The maximum absolute atomic E-state index is 12.4. The van der Waals surface area contributed by atoms with Crippen molar-refractivity contribution in [2.75, 3.05) is 6.54 Å². The molecule has 0 saturated heterocycles. The van der Waals surface area contributed by atoms with Crippen LogP contribution < -0.4 is 10.0 Å². The van der Waals surface area contributed by atoms with Gasteiger partial charge in [-0.2, -0.15) is 0 Å². The highest BCUT2D eigenvalue weighted by Gasteiger charge is 2.16. The zero-order valence-corrected chi connectivity index (χ0v) is 15.5. The number of furan rings is 1. The van der Waals surface area contributed by atoms with Crippen LogP contribution in [0.4, 0.5) is 0 Å². The first-order chi connectivity index (χ1) is 11.8. The Labute approximate surface area is 148 Å². The molecule has 0 aliphatic carbocycles. The second-order valence-electron chi connectivity index (χ2n) is 5.97. The molecule has 0 radical (unpaired) electrons. The molecular formula is C18H24N2O4S. The van der Waals surface area contributed by atoms with E-state index in [0.717, 1.165) is 17.9 Å². The summed E-state index contributed by atoms with van der Waals surface area (Å²) >= 11 is 0. The van der Waals surface area contributed by atoms with Gasteiger partial charge >= 0.3 is 0 Å². The first-order valence-corrected chi connectivity index (χ1v) is 9.76. The molecule has 1 aromatic carbocycles. The normalized spacial score (nSPS) is 12.8. The van der Waals surface area contributed by atoms with E-state index in [1.54, 1.807) is 12.1 Å². The Morgan fingerprint density at radius 3 is 2.64 bits per heavy atom. The minimum atomic E-state index is -3.69. The number of amides is 1. The van der Waals surface area contributed by atoms with Crippen LogP contribution in [-0.2, 0) is 16.4 Å². The lowest BCUT2D eigenvalue weighted by Crippen LogP contribution is -2.32. The molecule has 6 nitrogen and oxygen atoms in total. The number of carbonyl (C=O) groups is 1. The molecule has 7 heteroatoms. The average molecular weight is 364 g/mol. The summed E-state index contributed by atoms with van der Waals surface area (Å²) in [6, 6.07) is 9.71. The Morgan fingerprint density at radius 1 is 1.24 bits per heavy atom. The van der Waals surface area contributed by atoms with Crippen LogP contribution in [-0.4, -0.2) is 26.9 Å². The number of sulfonamides is 1. The summed E-state index contributed by atoms with van der Waals surface area (Å²) in [7, 11) is -3.69. The first-order valence-electron chi connectivity index (χ1n) is 8.27. The van der Waals surface area contributed by atoms with Crippen LogP contribution in [0.15, 0.2) is 45.7 Å². The predicted octanol–water partition coefficient (Wildman–Crippen LogP) is 2.64. The van der Waals surface area contributed by atoms with Crippen molar-refractivity contribution >= 4 is 15.9 Å². The van der Waals surface area contributed by atoms with Gasteiger partial charge in [-0.25, -0.2) is 13.1 Å². The van der Waals surface area contributed by atoms with Crippen molar-refractivity contribution in [1.29, 1.82) is 0 Å². The van der Waals surface area contributed by atoms with Crippen LogP contribution in [0.25, 0.3) is 0 Å². The highest BCUT2D eigenvalue weighted by atomic mass is 32.2. The van der Waals surface area contributed by atoms with Gasteiger partial charge in [0.1, 0.15) is 11.5 Å². The third-order valence-electron chi connectivity index (χ3n) is 3.86. The highest BCUT2D eigenvalue weighted by molar-refractivity contribution is 7.89. The van der Waals surface area contributed by atoms with E-state index in [-0.39, 0.29) is 23.4 Å². The maximum atomic E-state index is 12.4. The summed E-state index contributed by atoms with van der Waals surface area (Å²) in [4.78, 5) is 12.2. The minimum absolute atomic E-state index is 0.0302. The molecule has 0 bridgehead atoms. The third-order valence-corrected chi connectivity index (χ3v) is 5.31. The third kappa shape index (κ3) is 5.44. The van der Waals surface area contributed by atoms with Gasteiger partial charge in [0, 0.05) is 24.6 Å². The van der Waals surface area contributed by atoms with Gasteiger partial charge in [-0.15, -0.1) is 0 Å². The molecule has 0 fully saturated rings. The molecule has 1 heterocycles. The molecule has 2 N–H and O–H groups in total. The molecule has 1 atom stereocenters. The van der Waals surface area contributed by atoms with Crippen LogP contribution in [0.3, 0.4) is 0 Å². The molecule has 0 saturated carbocycles. The standard InChI is InChI=1S/C18H24N2O4S/c1-4-13(2)20-18(21)15-6-5-7-17(12-15)25(22,23)19-11-10-16-9-8-14(3)24-16/h5-9,12-13,19H,4,10-11H2,1-3H3,(H,20,21)/t13-/m1/s1. The van der Waals surface area contributed by atoms with E-state index in [1.165, 1.54) is 12.1 Å². The molecule has 0 spiro atoms. The summed E-state index contributed by atoms with van der Waals surface area (Å²) in [6.07, 6.45) is 1.26. The fraction of sp³-hybridized carbons (Fsp3) is 0.389. The molecule has 1 amide bonds. The second kappa shape index (κ2) is 8.31. The molecule has 0 aliphatic rings. The summed E-state index contributed by atoms with van der Waals surface area (Å²) < 4.78 is 32.8. The predicted molar refractivity (Wildman–Crippen MR) is 96.0 cm³/mol. The van der Waals surface area contributed by atoms with Gasteiger partial charge in [0.15, 0.2) is 0 Å². The number of rotatable bonds is 8. The summed E-state index contributed by atoms with van der Waals surface area (Å²) in [5, 5.41) is 2.82. The summed E-state index contributed by atoms with van der Waals surface area (Å²) in [5.41, 5.74) is 0.324. The maximum Gasteiger partial charge on any atom is 0.251 e. The number of carbonyl (C=O) groups excluding carboxylic acids is 1. The quantitative estimate of drug-likeness (QED) is 0.754. The van der Waals surface area contributed by atoms with Gasteiger partial charge in [-0.05, 0) is 50.6 Å². The van der Waals surface area contributed by atoms with E-state index in [4.69, 9.17) is 4.42 Å². The molecule has 2 aromatic rings. The second-order valence-corrected chi connectivity index (χ2v) is 7.74. The molecule has 0 unspecified atom stereocenters. The lowest BCUT2D eigenvalue weighted by Gasteiger charge is -2.12. The molecule has 25 heavy (non-hydrogen) atoms.